The number of fused-ring (bicyclic) bond motifs is 3. The largest absolute Gasteiger partial charge is 0.480 e. The van der Waals surface area contributed by atoms with Crippen molar-refractivity contribution in [1.29, 1.82) is 5.41 Å². The highest BCUT2D eigenvalue weighted by molar-refractivity contribution is 5.96. The number of hydrogen-bond donors (Lipinski definition) is 7. The number of aliphatic carboxylic acids is 1. The molecule has 3 fully saturated rings. The molecule has 3 aromatic carbocycles. The molecule has 5 atom stereocenters. The minimum Gasteiger partial charge on any atom is -0.480 e. The predicted octanol–water partition coefficient (Wildman–Crippen LogP) is 2.06. The summed E-state index contributed by atoms with van der Waals surface area (Å²) in [5.41, 5.74) is 10.4. The highest BCUT2D eigenvalue weighted by Crippen LogP contribution is 2.44. The van der Waals surface area contributed by atoms with Gasteiger partial charge in [-0.1, -0.05) is 78.9 Å². The maximum absolute atomic E-state index is 14.3. The zero-order valence-electron chi connectivity index (χ0n) is 36.2. The van der Waals surface area contributed by atoms with Gasteiger partial charge >= 0.3 is 12.1 Å². The molecule has 18 nitrogen and oxygen atoms in total. The number of carboxylic acids is 1. The molecule has 1 aliphatic carbocycles. The second kappa shape index (κ2) is 21.1. The summed E-state index contributed by atoms with van der Waals surface area (Å²) in [4.78, 5) is 98.6. The van der Waals surface area contributed by atoms with E-state index in [9.17, 15) is 38.7 Å². The molecule has 0 radical (unpaired) electrons. The van der Waals surface area contributed by atoms with Crippen LogP contribution in [0.1, 0.15) is 74.0 Å². The maximum atomic E-state index is 14.3. The first-order valence-corrected chi connectivity index (χ1v) is 22.4. The average Bonchev–Trinajstić information content (AvgIpc) is 4.14. The number of guanidine groups is 1. The summed E-state index contributed by atoms with van der Waals surface area (Å²) >= 11 is 0. The fourth-order valence-electron chi connectivity index (χ4n) is 9.60. The van der Waals surface area contributed by atoms with Gasteiger partial charge in [0.25, 0.3) is 0 Å². The monoisotopic (exact) mass is 891 g/mol. The van der Waals surface area contributed by atoms with E-state index in [4.69, 9.17) is 15.9 Å². The van der Waals surface area contributed by atoms with E-state index in [-0.39, 0.29) is 57.5 Å². The van der Waals surface area contributed by atoms with Crippen LogP contribution < -0.4 is 27.0 Å². The van der Waals surface area contributed by atoms with Gasteiger partial charge in [-0.2, -0.15) is 0 Å². The molecule has 18 heteroatoms. The molecule has 344 valence electrons. The van der Waals surface area contributed by atoms with Crippen LogP contribution in [0.4, 0.5) is 4.79 Å². The van der Waals surface area contributed by atoms with Gasteiger partial charge in [-0.3, -0.25) is 29.4 Å². The van der Waals surface area contributed by atoms with Crippen molar-refractivity contribution in [3.8, 4) is 11.1 Å². The highest BCUT2D eigenvalue weighted by Gasteiger charge is 2.42. The topological polar surface area (TPSA) is 257 Å². The van der Waals surface area contributed by atoms with Crippen molar-refractivity contribution in [3.63, 3.8) is 0 Å². The normalized spacial score (nSPS) is 19.7. The lowest BCUT2D eigenvalue weighted by molar-refractivity contribution is -0.149. The minimum absolute atomic E-state index is 0.0544. The minimum atomic E-state index is -1.13. The molecule has 3 aromatic rings. The van der Waals surface area contributed by atoms with Crippen molar-refractivity contribution in [3.05, 3.63) is 95.6 Å². The summed E-state index contributed by atoms with van der Waals surface area (Å²) in [5.74, 6) is -4.22. The Bertz CT molecular complexity index is 2230. The van der Waals surface area contributed by atoms with Gasteiger partial charge in [0.05, 0.1) is 6.54 Å². The lowest BCUT2D eigenvalue weighted by Crippen LogP contribution is -2.57. The molecule has 0 aromatic heterocycles. The van der Waals surface area contributed by atoms with Gasteiger partial charge in [0.2, 0.25) is 29.5 Å². The quantitative estimate of drug-likeness (QED) is 0.0587. The number of likely N-dealkylation sites (tertiary alicyclic amines) is 3. The average molecular weight is 892 g/mol. The number of nitrogens with two attached hydrogens (primary N) is 1. The van der Waals surface area contributed by atoms with Crippen LogP contribution >= 0.6 is 0 Å². The van der Waals surface area contributed by atoms with Crippen molar-refractivity contribution in [2.24, 2.45) is 5.73 Å². The molecule has 0 bridgehead atoms. The van der Waals surface area contributed by atoms with Crippen LogP contribution in [0.2, 0.25) is 0 Å². The number of rotatable bonds is 17. The molecule has 7 rings (SSSR count). The molecule has 65 heavy (non-hydrogen) atoms. The molecule has 3 heterocycles. The fraction of sp³-hybridized carbons (Fsp3) is 0.447. The fourth-order valence-corrected chi connectivity index (χ4v) is 9.60. The molecule has 8 N–H and O–H groups in total. The second-order valence-corrected chi connectivity index (χ2v) is 16.9. The van der Waals surface area contributed by atoms with E-state index in [1.165, 1.54) is 14.7 Å². The third kappa shape index (κ3) is 10.9. The van der Waals surface area contributed by atoms with E-state index in [2.05, 4.69) is 21.3 Å². The first-order valence-electron chi connectivity index (χ1n) is 22.4. The number of nitrogens with zero attached hydrogens (tertiary/aromatic N) is 3. The number of ether oxygens (including phenoxy) is 1. The Hall–Kier alpha value is -6.98. The van der Waals surface area contributed by atoms with Crippen LogP contribution in [0, 0.1) is 5.41 Å². The summed E-state index contributed by atoms with van der Waals surface area (Å²) in [6.45, 7) is 0.578. The molecule has 0 saturated carbocycles. The lowest BCUT2D eigenvalue weighted by atomic mass is 9.98. The lowest BCUT2D eigenvalue weighted by Gasteiger charge is -2.30. The Morgan fingerprint density at radius 3 is 1.88 bits per heavy atom. The molecule has 4 aliphatic rings. The number of alkyl carbamates (subject to hydrolysis) is 1. The standard InChI is InChI=1S/C47H57N9O9/c48-46(49)50-22-8-18-35(43(60)56-25-11-21-39(56)45(62)63)52-42(59)38-20-9-23-54(38)40(57)27-51-41(58)37-19-10-24-55(37)44(61)36(26-29-12-2-1-3-13-29)53-47(64)65-28-34-32-16-6-4-14-30(32)31-15-5-7-17-33(31)34/h1-7,12-17,34-39H,8-11,18-28H2,(H,51,58)(H,52,59)(H,53,64)(H,62,63)(H4,48,49,50)/t35-,36-,37-,38-,39-/m0/s1. The van der Waals surface area contributed by atoms with E-state index in [0.29, 0.717) is 44.9 Å². The summed E-state index contributed by atoms with van der Waals surface area (Å²) < 4.78 is 5.81. The van der Waals surface area contributed by atoms with Crippen LogP contribution in [0.15, 0.2) is 78.9 Å². The molecule has 6 amide bonds. The molecular weight excluding hydrogens is 835 g/mol. The van der Waals surface area contributed by atoms with E-state index in [1.54, 1.807) is 0 Å². The van der Waals surface area contributed by atoms with Gasteiger partial charge in [0.1, 0.15) is 36.8 Å². The SMILES string of the molecule is N=C(N)NCCC[C@H](NC(=O)[C@@H]1CCCN1C(=O)CNC(=O)[C@@H]1CCCN1C(=O)[C@H](Cc1ccccc1)NC(=O)OCC1c2ccccc2-c2ccccc21)C(=O)N1CCC[C@H]1C(=O)O. The van der Waals surface area contributed by atoms with Crippen molar-refractivity contribution >= 4 is 47.6 Å². The second-order valence-electron chi connectivity index (χ2n) is 16.9. The summed E-state index contributed by atoms with van der Waals surface area (Å²) in [6.07, 6.45) is 2.30. The zero-order valence-corrected chi connectivity index (χ0v) is 36.2. The van der Waals surface area contributed by atoms with Gasteiger partial charge in [0, 0.05) is 38.5 Å². The predicted molar refractivity (Wildman–Crippen MR) is 238 cm³/mol. The Labute approximate surface area is 377 Å². The summed E-state index contributed by atoms with van der Waals surface area (Å²) in [7, 11) is 0. The zero-order chi connectivity index (χ0) is 46.0. The van der Waals surface area contributed by atoms with E-state index >= 15 is 0 Å². The summed E-state index contributed by atoms with van der Waals surface area (Å²) in [6, 6.07) is 20.2. The van der Waals surface area contributed by atoms with E-state index in [0.717, 1.165) is 27.8 Å². The van der Waals surface area contributed by atoms with Crippen molar-refractivity contribution < 1.29 is 43.4 Å². The number of nitrogens with one attached hydrogen (secondary N) is 5. The number of amides is 6. The molecule has 3 aliphatic heterocycles. The van der Waals surface area contributed by atoms with E-state index < -0.39 is 78.4 Å². The summed E-state index contributed by atoms with van der Waals surface area (Å²) in [5, 5.41) is 28.0. The molecule has 0 spiro atoms. The number of carboxylic acid groups (broad SMARTS) is 1. The highest BCUT2D eigenvalue weighted by atomic mass is 16.5. The van der Waals surface area contributed by atoms with Crippen molar-refractivity contribution in [2.75, 3.05) is 39.3 Å². The van der Waals surface area contributed by atoms with Gasteiger partial charge in [0.15, 0.2) is 5.96 Å². The number of carbonyl (C=O) groups excluding carboxylic acids is 6. The third-order valence-corrected chi connectivity index (χ3v) is 12.8. The Balaban J connectivity index is 0.961. The van der Waals surface area contributed by atoms with Crippen LogP contribution in [0.5, 0.6) is 0 Å². The Kier molecular flexibility index (Phi) is 15.0. The first kappa shape index (κ1) is 46.0. The van der Waals surface area contributed by atoms with Crippen molar-refractivity contribution in [2.45, 2.75) is 93.9 Å². The first-order chi connectivity index (χ1) is 31.4. The van der Waals surface area contributed by atoms with Gasteiger partial charge in [-0.25, -0.2) is 9.59 Å². The van der Waals surface area contributed by atoms with E-state index in [1.807, 2.05) is 78.9 Å². The number of benzene rings is 3. The number of hydrogen-bond acceptors (Lipinski definition) is 9. The number of carbonyl (C=O) groups is 7. The van der Waals surface area contributed by atoms with Crippen LogP contribution in [0.25, 0.3) is 11.1 Å². The van der Waals surface area contributed by atoms with Crippen LogP contribution in [-0.4, -0.2) is 137 Å². The van der Waals surface area contributed by atoms with Crippen molar-refractivity contribution in [1.82, 2.24) is 36.0 Å². The Morgan fingerprint density at radius 1 is 0.692 bits per heavy atom. The molecule has 0 unspecified atom stereocenters. The maximum Gasteiger partial charge on any atom is 0.407 e. The van der Waals surface area contributed by atoms with Gasteiger partial charge in [-0.15, -0.1) is 0 Å². The molecule has 3 saturated heterocycles. The molecular formula is C47H57N9O9. The van der Waals surface area contributed by atoms with Crippen LogP contribution in [0.3, 0.4) is 0 Å². The Morgan fingerprint density at radius 2 is 1.25 bits per heavy atom. The van der Waals surface area contributed by atoms with Crippen LogP contribution in [-0.2, 0) is 39.9 Å². The smallest absolute Gasteiger partial charge is 0.407 e. The van der Waals surface area contributed by atoms with Gasteiger partial charge in [-0.05, 0) is 79.2 Å². The van der Waals surface area contributed by atoms with Gasteiger partial charge < -0.3 is 51.5 Å². The third-order valence-electron chi connectivity index (χ3n) is 12.8.